The molecule has 0 radical (unpaired) electrons. The molecule has 0 spiro atoms. The van der Waals surface area contributed by atoms with Gasteiger partial charge in [-0.2, -0.15) is 0 Å². The maximum atomic E-state index is 12.7. The zero-order chi connectivity index (χ0) is 19.7. The molecule has 0 unspecified atom stereocenters. The fourth-order valence-electron chi connectivity index (χ4n) is 3.54. The lowest BCUT2D eigenvalue weighted by molar-refractivity contribution is -0.384. The standard InChI is InChI=1S/C21H20N4O3/c1-15-14-20(22-19-5-3-2-4-18(15)19)23-10-12-24(13-11-23)21(26)16-6-8-17(9-7-16)25(27)28/h2-9,14H,10-13H2,1H3. The Bertz CT molecular complexity index is 1040. The number of non-ortho nitro benzene ring substituents is 1. The third-order valence-corrected chi connectivity index (χ3v) is 5.13. The predicted molar refractivity (Wildman–Crippen MR) is 108 cm³/mol. The van der Waals surface area contributed by atoms with Gasteiger partial charge in [0.15, 0.2) is 0 Å². The molecule has 7 nitrogen and oxygen atoms in total. The van der Waals surface area contributed by atoms with Crippen LogP contribution in [0.4, 0.5) is 11.5 Å². The van der Waals surface area contributed by atoms with E-state index in [4.69, 9.17) is 4.98 Å². The molecule has 2 heterocycles. The van der Waals surface area contributed by atoms with E-state index in [1.165, 1.54) is 29.8 Å². The normalized spacial score (nSPS) is 14.3. The number of nitrogens with zero attached hydrogens (tertiary/aromatic N) is 4. The number of aryl methyl sites for hydroxylation is 1. The second-order valence-corrected chi connectivity index (χ2v) is 6.90. The highest BCUT2D eigenvalue weighted by molar-refractivity contribution is 5.94. The van der Waals surface area contributed by atoms with Crippen molar-refractivity contribution in [3.63, 3.8) is 0 Å². The third kappa shape index (κ3) is 3.38. The minimum absolute atomic E-state index is 0.0147. The summed E-state index contributed by atoms with van der Waals surface area (Å²) in [6.07, 6.45) is 0. The van der Waals surface area contributed by atoms with Crippen LogP contribution in [-0.2, 0) is 0 Å². The van der Waals surface area contributed by atoms with Gasteiger partial charge in [-0.15, -0.1) is 0 Å². The molecule has 1 aromatic heterocycles. The van der Waals surface area contributed by atoms with Gasteiger partial charge in [0, 0.05) is 49.3 Å². The summed E-state index contributed by atoms with van der Waals surface area (Å²) in [6, 6.07) is 15.9. The maximum Gasteiger partial charge on any atom is 0.269 e. The van der Waals surface area contributed by atoms with Gasteiger partial charge in [0.25, 0.3) is 11.6 Å². The summed E-state index contributed by atoms with van der Waals surface area (Å²) in [5.41, 5.74) is 2.62. The Morgan fingerprint density at radius 2 is 1.71 bits per heavy atom. The molecule has 0 atom stereocenters. The van der Waals surface area contributed by atoms with Crippen molar-refractivity contribution >= 4 is 28.3 Å². The van der Waals surface area contributed by atoms with Crippen molar-refractivity contribution in [3.05, 3.63) is 75.8 Å². The molecule has 1 saturated heterocycles. The number of piperazine rings is 1. The molecule has 1 aliphatic heterocycles. The first kappa shape index (κ1) is 17.9. The van der Waals surface area contributed by atoms with E-state index in [-0.39, 0.29) is 11.6 Å². The van der Waals surface area contributed by atoms with Crippen LogP contribution in [0.5, 0.6) is 0 Å². The van der Waals surface area contributed by atoms with Crippen molar-refractivity contribution in [2.45, 2.75) is 6.92 Å². The van der Waals surface area contributed by atoms with Crippen LogP contribution in [0, 0.1) is 17.0 Å². The molecule has 4 rings (SSSR count). The summed E-state index contributed by atoms with van der Waals surface area (Å²) in [4.78, 5) is 31.7. The first-order valence-electron chi connectivity index (χ1n) is 9.18. The van der Waals surface area contributed by atoms with Crippen LogP contribution in [0.3, 0.4) is 0 Å². The molecule has 0 aliphatic carbocycles. The number of carbonyl (C=O) groups is 1. The molecule has 1 fully saturated rings. The molecule has 3 aromatic rings. The lowest BCUT2D eigenvalue weighted by atomic mass is 10.1. The fraction of sp³-hybridized carbons (Fsp3) is 0.238. The molecular formula is C21H20N4O3. The monoisotopic (exact) mass is 376 g/mol. The molecule has 142 valence electrons. The Labute approximate surface area is 162 Å². The number of nitro benzene ring substituents is 1. The maximum absolute atomic E-state index is 12.7. The number of aromatic nitrogens is 1. The van der Waals surface area contributed by atoms with E-state index in [1.807, 2.05) is 18.2 Å². The van der Waals surface area contributed by atoms with Crippen molar-refractivity contribution in [1.29, 1.82) is 0 Å². The number of hydrogen-bond donors (Lipinski definition) is 0. The lowest BCUT2D eigenvalue weighted by Crippen LogP contribution is -2.49. The van der Waals surface area contributed by atoms with Gasteiger partial charge in [-0.1, -0.05) is 18.2 Å². The Morgan fingerprint density at radius 1 is 1.04 bits per heavy atom. The number of amides is 1. The Balaban J connectivity index is 1.46. The van der Waals surface area contributed by atoms with E-state index in [0.717, 1.165) is 16.7 Å². The Kier molecular flexibility index (Phi) is 4.65. The number of pyridine rings is 1. The van der Waals surface area contributed by atoms with Crippen molar-refractivity contribution in [1.82, 2.24) is 9.88 Å². The van der Waals surface area contributed by atoms with Gasteiger partial charge < -0.3 is 9.80 Å². The molecule has 1 aliphatic rings. The van der Waals surface area contributed by atoms with Crippen LogP contribution in [0.25, 0.3) is 10.9 Å². The van der Waals surface area contributed by atoms with Gasteiger partial charge in [0.1, 0.15) is 5.82 Å². The summed E-state index contributed by atoms with van der Waals surface area (Å²) >= 11 is 0. The molecule has 2 aromatic carbocycles. The van der Waals surface area contributed by atoms with Crippen molar-refractivity contribution < 1.29 is 9.72 Å². The van der Waals surface area contributed by atoms with Gasteiger partial charge in [-0.05, 0) is 36.8 Å². The van der Waals surface area contributed by atoms with Crippen LogP contribution in [0.1, 0.15) is 15.9 Å². The number of carbonyl (C=O) groups excluding carboxylic acids is 1. The molecule has 0 N–H and O–H groups in total. The first-order valence-corrected chi connectivity index (χ1v) is 9.18. The summed E-state index contributed by atoms with van der Waals surface area (Å²) < 4.78 is 0. The second-order valence-electron chi connectivity index (χ2n) is 6.90. The smallest absolute Gasteiger partial charge is 0.269 e. The minimum atomic E-state index is -0.467. The minimum Gasteiger partial charge on any atom is -0.353 e. The van der Waals surface area contributed by atoms with E-state index < -0.39 is 4.92 Å². The highest BCUT2D eigenvalue weighted by Crippen LogP contribution is 2.23. The zero-order valence-corrected chi connectivity index (χ0v) is 15.5. The summed E-state index contributed by atoms with van der Waals surface area (Å²) in [6.45, 7) is 4.65. The third-order valence-electron chi connectivity index (χ3n) is 5.13. The first-order chi connectivity index (χ1) is 13.5. The number of rotatable bonds is 3. The number of nitro groups is 1. The number of para-hydroxylation sites is 1. The number of benzene rings is 2. The van der Waals surface area contributed by atoms with E-state index in [2.05, 4.69) is 24.0 Å². The van der Waals surface area contributed by atoms with Gasteiger partial charge >= 0.3 is 0 Å². The largest absolute Gasteiger partial charge is 0.353 e. The van der Waals surface area contributed by atoms with Gasteiger partial charge in [0.2, 0.25) is 0 Å². The van der Waals surface area contributed by atoms with Crippen LogP contribution >= 0.6 is 0 Å². The van der Waals surface area contributed by atoms with Crippen LogP contribution in [-0.4, -0.2) is 46.9 Å². The highest BCUT2D eigenvalue weighted by Gasteiger charge is 2.23. The Morgan fingerprint density at radius 3 is 2.39 bits per heavy atom. The van der Waals surface area contributed by atoms with Gasteiger partial charge in [-0.25, -0.2) is 4.98 Å². The van der Waals surface area contributed by atoms with E-state index >= 15 is 0 Å². The Hall–Kier alpha value is -3.48. The average molecular weight is 376 g/mol. The number of anilines is 1. The second kappa shape index (κ2) is 7.26. The quantitative estimate of drug-likeness (QED) is 0.517. The average Bonchev–Trinajstić information content (AvgIpc) is 2.73. The fourth-order valence-corrected chi connectivity index (χ4v) is 3.54. The lowest BCUT2D eigenvalue weighted by Gasteiger charge is -2.35. The van der Waals surface area contributed by atoms with Gasteiger partial charge in [-0.3, -0.25) is 14.9 Å². The summed E-state index contributed by atoms with van der Waals surface area (Å²) in [5.74, 6) is 0.829. The summed E-state index contributed by atoms with van der Waals surface area (Å²) in [5, 5.41) is 11.9. The molecular weight excluding hydrogens is 356 g/mol. The van der Waals surface area contributed by atoms with Crippen molar-refractivity contribution in [2.75, 3.05) is 31.1 Å². The molecule has 0 bridgehead atoms. The zero-order valence-electron chi connectivity index (χ0n) is 15.5. The van der Waals surface area contributed by atoms with Gasteiger partial charge in [0.05, 0.1) is 10.4 Å². The molecule has 0 saturated carbocycles. The van der Waals surface area contributed by atoms with Crippen LogP contribution in [0.2, 0.25) is 0 Å². The van der Waals surface area contributed by atoms with Crippen LogP contribution in [0.15, 0.2) is 54.6 Å². The van der Waals surface area contributed by atoms with E-state index in [1.54, 1.807) is 4.90 Å². The molecule has 1 amide bonds. The molecule has 28 heavy (non-hydrogen) atoms. The molecule has 7 heteroatoms. The predicted octanol–water partition coefficient (Wildman–Crippen LogP) is 3.41. The SMILES string of the molecule is Cc1cc(N2CCN(C(=O)c3ccc([N+](=O)[O-])cc3)CC2)nc2ccccc12. The summed E-state index contributed by atoms with van der Waals surface area (Å²) in [7, 11) is 0. The van der Waals surface area contributed by atoms with E-state index in [9.17, 15) is 14.9 Å². The highest BCUT2D eigenvalue weighted by atomic mass is 16.6. The topological polar surface area (TPSA) is 79.6 Å². The number of fused-ring (bicyclic) bond motifs is 1. The van der Waals surface area contributed by atoms with Crippen LogP contribution < -0.4 is 4.90 Å². The number of hydrogen-bond acceptors (Lipinski definition) is 5. The van der Waals surface area contributed by atoms with Crippen molar-refractivity contribution in [3.8, 4) is 0 Å². The van der Waals surface area contributed by atoms with E-state index in [0.29, 0.717) is 31.7 Å². The van der Waals surface area contributed by atoms with Crippen molar-refractivity contribution in [2.24, 2.45) is 0 Å².